The Balaban J connectivity index is 1.17. The Bertz CT molecular complexity index is 2640. The SMILES string of the molecule is c1ccc(-c2ccc(N(c3ccc4c(c3)oc3ccc5ccccc5c34)c3ccc4c(c3)oc3ccc5ccccc5c34)cc2)nc1. The van der Waals surface area contributed by atoms with E-state index in [1.54, 1.807) is 0 Å². The molecule has 0 aliphatic heterocycles. The number of fused-ring (bicyclic) bond motifs is 10. The standard InChI is InChI=1S/C43H26N2O2/c1-3-9-33-27(7-1)14-22-38-42(33)35-20-18-31(25-40(35)46-38)45(30-16-12-29(13-17-30)37-11-5-6-24-44-37)32-19-21-36-41(26-32)47-39-23-15-28-8-2-4-10-34(28)43(36)39/h1-26H. The molecule has 0 saturated carbocycles. The molecule has 0 radical (unpaired) electrons. The maximum absolute atomic E-state index is 6.50. The third kappa shape index (κ3) is 4.05. The van der Waals surface area contributed by atoms with Crippen molar-refractivity contribution in [1.29, 1.82) is 0 Å². The summed E-state index contributed by atoms with van der Waals surface area (Å²) in [5.41, 5.74) is 8.48. The molecular weight excluding hydrogens is 576 g/mol. The van der Waals surface area contributed by atoms with Crippen molar-refractivity contribution in [3.05, 3.63) is 158 Å². The van der Waals surface area contributed by atoms with Crippen LogP contribution in [-0.4, -0.2) is 4.98 Å². The van der Waals surface area contributed by atoms with E-state index in [0.29, 0.717) is 0 Å². The summed E-state index contributed by atoms with van der Waals surface area (Å²) in [6.07, 6.45) is 1.83. The lowest BCUT2D eigenvalue weighted by molar-refractivity contribution is 0.669. The fourth-order valence-electron chi connectivity index (χ4n) is 7.11. The molecule has 0 spiro atoms. The summed E-state index contributed by atoms with van der Waals surface area (Å²) in [4.78, 5) is 6.82. The smallest absolute Gasteiger partial charge is 0.137 e. The van der Waals surface area contributed by atoms with E-state index >= 15 is 0 Å². The second-order valence-corrected chi connectivity index (χ2v) is 12.0. The molecule has 0 aliphatic carbocycles. The molecular formula is C43H26N2O2. The summed E-state index contributed by atoms with van der Waals surface area (Å²) in [5.74, 6) is 0. The number of furan rings is 2. The predicted molar refractivity (Wildman–Crippen MR) is 194 cm³/mol. The van der Waals surface area contributed by atoms with E-state index in [9.17, 15) is 0 Å². The second kappa shape index (κ2) is 10.1. The first-order chi connectivity index (χ1) is 23.3. The largest absolute Gasteiger partial charge is 0.456 e. The lowest BCUT2D eigenvalue weighted by Gasteiger charge is -2.25. The van der Waals surface area contributed by atoms with Gasteiger partial charge >= 0.3 is 0 Å². The van der Waals surface area contributed by atoms with Crippen LogP contribution in [0.2, 0.25) is 0 Å². The molecule has 7 aromatic carbocycles. The van der Waals surface area contributed by atoms with Gasteiger partial charge in [-0.1, -0.05) is 78.9 Å². The van der Waals surface area contributed by atoms with E-state index < -0.39 is 0 Å². The zero-order chi connectivity index (χ0) is 30.9. The van der Waals surface area contributed by atoms with Crippen molar-refractivity contribution in [2.24, 2.45) is 0 Å². The van der Waals surface area contributed by atoms with E-state index in [-0.39, 0.29) is 0 Å². The van der Waals surface area contributed by atoms with Crippen LogP contribution in [0.1, 0.15) is 0 Å². The van der Waals surface area contributed by atoms with Crippen molar-refractivity contribution in [2.75, 3.05) is 4.90 Å². The summed E-state index contributed by atoms with van der Waals surface area (Å²) in [6.45, 7) is 0. The van der Waals surface area contributed by atoms with Gasteiger partial charge in [0.1, 0.15) is 22.3 Å². The zero-order valence-corrected chi connectivity index (χ0v) is 25.2. The highest BCUT2D eigenvalue weighted by Gasteiger charge is 2.19. The molecule has 0 bridgehead atoms. The van der Waals surface area contributed by atoms with Gasteiger partial charge in [0.2, 0.25) is 0 Å². The molecule has 3 aromatic heterocycles. The fraction of sp³-hybridized carbons (Fsp3) is 0. The quantitative estimate of drug-likeness (QED) is 0.201. The van der Waals surface area contributed by atoms with Crippen LogP contribution in [0.4, 0.5) is 17.1 Å². The van der Waals surface area contributed by atoms with Crippen LogP contribution >= 0.6 is 0 Å². The van der Waals surface area contributed by atoms with Gasteiger partial charge in [-0.25, -0.2) is 0 Å². The number of aromatic nitrogens is 1. The van der Waals surface area contributed by atoms with E-state index in [0.717, 1.165) is 72.2 Å². The van der Waals surface area contributed by atoms with Crippen molar-refractivity contribution in [3.8, 4) is 11.3 Å². The van der Waals surface area contributed by atoms with Gasteiger partial charge in [-0.2, -0.15) is 0 Å². The average Bonchev–Trinajstić information content (AvgIpc) is 3.70. The van der Waals surface area contributed by atoms with Crippen molar-refractivity contribution in [2.45, 2.75) is 0 Å². The first kappa shape index (κ1) is 25.9. The topological polar surface area (TPSA) is 42.4 Å². The van der Waals surface area contributed by atoms with Gasteiger partial charge in [0.05, 0.1) is 5.69 Å². The van der Waals surface area contributed by atoms with Crippen LogP contribution in [0.25, 0.3) is 76.7 Å². The van der Waals surface area contributed by atoms with E-state index in [4.69, 9.17) is 8.83 Å². The minimum absolute atomic E-state index is 0.847. The number of nitrogens with zero attached hydrogens (tertiary/aromatic N) is 2. The highest BCUT2D eigenvalue weighted by Crippen LogP contribution is 2.43. The van der Waals surface area contributed by atoms with Crippen LogP contribution in [0.5, 0.6) is 0 Å². The molecule has 10 aromatic rings. The van der Waals surface area contributed by atoms with Crippen LogP contribution in [0.3, 0.4) is 0 Å². The third-order valence-corrected chi connectivity index (χ3v) is 9.29. The molecule has 0 amide bonds. The van der Waals surface area contributed by atoms with Gasteiger partial charge in [-0.15, -0.1) is 0 Å². The summed E-state index contributed by atoms with van der Waals surface area (Å²) in [5, 5.41) is 9.29. The molecule has 0 N–H and O–H groups in total. The van der Waals surface area contributed by atoms with Crippen molar-refractivity contribution < 1.29 is 8.83 Å². The van der Waals surface area contributed by atoms with Crippen LogP contribution in [0, 0.1) is 0 Å². The molecule has 0 saturated heterocycles. The van der Waals surface area contributed by atoms with Crippen molar-refractivity contribution in [3.63, 3.8) is 0 Å². The Morgan fingerprint density at radius 2 is 0.936 bits per heavy atom. The normalized spacial score (nSPS) is 11.8. The number of rotatable bonds is 4. The van der Waals surface area contributed by atoms with Crippen molar-refractivity contribution >= 4 is 82.5 Å². The first-order valence-electron chi connectivity index (χ1n) is 15.8. The van der Waals surface area contributed by atoms with Gasteiger partial charge in [0.25, 0.3) is 0 Å². The predicted octanol–water partition coefficient (Wildman–Crippen LogP) is 12.3. The maximum Gasteiger partial charge on any atom is 0.137 e. The number of hydrogen-bond acceptors (Lipinski definition) is 4. The minimum Gasteiger partial charge on any atom is -0.456 e. The van der Waals surface area contributed by atoms with E-state index in [2.05, 4.69) is 143 Å². The second-order valence-electron chi connectivity index (χ2n) is 12.0. The Kier molecular flexibility index (Phi) is 5.54. The molecule has 0 atom stereocenters. The third-order valence-electron chi connectivity index (χ3n) is 9.29. The molecule has 0 unspecified atom stereocenters. The van der Waals surface area contributed by atoms with Crippen LogP contribution < -0.4 is 4.90 Å². The molecule has 220 valence electrons. The highest BCUT2D eigenvalue weighted by molar-refractivity contribution is 6.20. The fourth-order valence-corrected chi connectivity index (χ4v) is 7.11. The number of anilines is 3. The minimum atomic E-state index is 0.847. The summed E-state index contributed by atoms with van der Waals surface area (Å²) >= 11 is 0. The molecule has 10 rings (SSSR count). The van der Waals surface area contributed by atoms with Gasteiger partial charge in [0, 0.05) is 62.5 Å². The summed E-state index contributed by atoms with van der Waals surface area (Å²) in [6, 6.07) is 52.9. The average molecular weight is 603 g/mol. The zero-order valence-electron chi connectivity index (χ0n) is 25.2. The van der Waals surface area contributed by atoms with E-state index in [1.165, 1.54) is 21.5 Å². The lowest BCUT2D eigenvalue weighted by atomic mass is 10.0. The van der Waals surface area contributed by atoms with Crippen molar-refractivity contribution in [1.82, 2.24) is 4.98 Å². The van der Waals surface area contributed by atoms with E-state index in [1.807, 2.05) is 24.4 Å². The monoisotopic (exact) mass is 602 g/mol. The first-order valence-corrected chi connectivity index (χ1v) is 15.8. The number of pyridine rings is 1. The van der Waals surface area contributed by atoms with Crippen LogP contribution in [0.15, 0.2) is 167 Å². The highest BCUT2D eigenvalue weighted by atomic mass is 16.3. The summed E-state index contributed by atoms with van der Waals surface area (Å²) < 4.78 is 13.0. The number of hydrogen-bond donors (Lipinski definition) is 0. The number of benzene rings is 7. The van der Waals surface area contributed by atoms with Crippen LogP contribution in [-0.2, 0) is 0 Å². The molecule has 0 fully saturated rings. The Morgan fingerprint density at radius 1 is 0.404 bits per heavy atom. The van der Waals surface area contributed by atoms with Gasteiger partial charge < -0.3 is 13.7 Å². The summed E-state index contributed by atoms with van der Waals surface area (Å²) in [7, 11) is 0. The molecule has 3 heterocycles. The molecule has 4 nitrogen and oxygen atoms in total. The van der Waals surface area contributed by atoms with Gasteiger partial charge in [-0.05, 0) is 82.2 Å². The molecule has 4 heteroatoms. The Hall–Kier alpha value is -6.39. The lowest BCUT2D eigenvalue weighted by Crippen LogP contribution is -2.09. The molecule has 0 aliphatic rings. The Labute approximate surface area is 269 Å². The Morgan fingerprint density at radius 3 is 1.49 bits per heavy atom. The molecule has 47 heavy (non-hydrogen) atoms. The van der Waals surface area contributed by atoms with Gasteiger partial charge in [-0.3, -0.25) is 4.98 Å². The van der Waals surface area contributed by atoms with Gasteiger partial charge in [0.15, 0.2) is 0 Å². The maximum atomic E-state index is 6.50.